The van der Waals surface area contributed by atoms with Crippen molar-refractivity contribution < 1.29 is 4.74 Å². The minimum absolute atomic E-state index is 0.254. The number of methoxy groups -OCH3 is 1. The van der Waals surface area contributed by atoms with Crippen LogP contribution in [-0.4, -0.2) is 23.6 Å². The van der Waals surface area contributed by atoms with Crippen molar-refractivity contribution in [3.8, 4) is 0 Å². The molecule has 0 radical (unpaired) electrons. The molecule has 2 rings (SSSR count). The van der Waals surface area contributed by atoms with Crippen LogP contribution >= 0.6 is 15.9 Å². The fraction of sp³-hybridized carbons (Fsp3) is 0.667. The maximum Gasteiger partial charge on any atom is 0.162 e. The number of rotatable bonds is 4. The average molecular weight is 300 g/mol. The van der Waals surface area contributed by atoms with E-state index >= 15 is 0 Å². The first-order valence-corrected chi connectivity index (χ1v) is 6.76. The molecular weight excluding hydrogens is 282 g/mol. The van der Waals surface area contributed by atoms with Gasteiger partial charge in [0, 0.05) is 13.7 Å². The molecule has 0 atom stereocenters. The number of nitrogens with one attached hydrogen (secondary N) is 1. The zero-order valence-corrected chi connectivity index (χ0v) is 12.1. The number of ether oxygens (including phenoxy) is 1. The zero-order valence-electron chi connectivity index (χ0n) is 10.5. The van der Waals surface area contributed by atoms with Crippen LogP contribution in [0.4, 0.5) is 5.82 Å². The minimum Gasteiger partial charge on any atom is -0.370 e. The highest BCUT2D eigenvalue weighted by atomic mass is 79.9. The maximum atomic E-state index is 5.62. The van der Waals surface area contributed by atoms with Crippen molar-refractivity contribution in [1.29, 1.82) is 0 Å². The Kier molecular flexibility index (Phi) is 3.68. The van der Waals surface area contributed by atoms with Crippen LogP contribution < -0.4 is 5.32 Å². The van der Waals surface area contributed by atoms with E-state index in [2.05, 4.69) is 38.1 Å². The molecule has 0 aromatic carbocycles. The van der Waals surface area contributed by atoms with Crippen molar-refractivity contribution in [2.24, 2.45) is 0 Å². The quantitative estimate of drug-likeness (QED) is 0.928. The summed E-state index contributed by atoms with van der Waals surface area (Å²) in [5.74, 6) is 1.67. The molecule has 1 aliphatic rings. The van der Waals surface area contributed by atoms with Gasteiger partial charge in [0.25, 0.3) is 0 Å². The Morgan fingerprint density at radius 2 is 2.12 bits per heavy atom. The Labute approximate surface area is 110 Å². The highest BCUT2D eigenvalue weighted by Gasteiger charge is 2.42. The summed E-state index contributed by atoms with van der Waals surface area (Å²) in [6, 6.07) is 0. The van der Waals surface area contributed by atoms with Gasteiger partial charge in [-0.3, -0.25) is 0 Å². The molecule has 0 amide bonds. The lowest BCUT2D eigenvalue weighted by Crippen LogP contribution is -2.38. The topological polar surface area (TPSA) is 47.0 Å². The highest BCUT2D eigenvalue weighted by Crippen LogP contribution is 2.43. The molecule has 1 saturated carbocycles. The van der Waals surface area contributed by atoms with E-state index in [1.165, 1.54) is 6.42 Å². The fourth-order valence-corrected chi connectivity index (χ4v) is 2.38. The van der Waals surface area contributed by atoms with Gasteiger partial charge in [-0.1, -0.05) is 0 Å². The van der Waals surface area contributed by atoms with Gasteiger partial charge in [-0.25, -0.2) is 9.97 Å². The van der Waals surface area contributed by atoms with Crippen molar-refractivity contribution in [1.82, 2.24) is 9.97 Å². The Balaban J connectivity index is 2.41. The number of nitrogens with zero attached hydrogens (tertiary/aromatic N) is 2. The highest BCUT2D eigenvalue weighted by molar-refractivity contribution is 9.10. The Morgan fingerprint density at radius 1 is 1.41 bits per heavy atom. The van der Waals surface area contributed by atoms with Crippen molar-refractivity contribution in [3.63, 3.8) is 0 Å². The molecule has 1 aromatic rings. The molecule has 1 N–H and O–H groups in total. The van der Waals surface area contributed by atoms with E-state index in [1.54, 1.807) is 7.11 Å². The number of anilines is 1. The number of aromatic nitrogens is 2. The van der Waals surface area contributed by atoms with E-state index in [-0.39, 0.29) is 5.60 Å². The molecule has 17 heavy (non-hydrogen) atoms. The van der Waals surface area contributed by atoms with Gasteiger partial charge in [0.1, 0.15) is 11.4 Å². The lowest BCUT2D eigenvalue weighted by atomic mass is 9.79. The van der Waals surface area contributed by atoms with Crippen LogP contribution in [0.1, 0.15) is 37.7 Å². The van der Waals surface area contributed by atoms with Crippen LogP contribution in [0.2, 0.25) is 0 Å². The summed E-state index contributed by atoms with van der Waals surface area (Å²) < 4.78 is 6.56. The first-order chi connectivity index (χ1) is 8.13. The monoisotopic (exact) mass is 299 g/mol. The summed E-state index contributed by atoms with van der Waals surface area (Å²) in [5.41, 5.74) is 0.699. The number of halogens is 1. The fourth-order valence-electron chi connectivity index (χ4n) is 2.06. The third kappa shape index (κ3) is 2.18. The summed E-state index contributed by atoms with van der Waals surface area (Å²) in [6.07, 6.45) is 3.20. The van der Waals surface area contributed by atoms with Crippen LogP contribution in [0, 0.1) is 6.92 Å². The molecule has 0 saturated heterocycles. The molecule has 5 heteroatoms. The molecule has 0 bridgehead atoms. The van der Waals surface area contributed by atoms with Crippen LogP contribution in [0.25, 0.3) is 0 Å². The maximum absolute atomic E-state index is 5.62. The summed E-state index contributed by atoms with van der Waals surface area (Å²) in [7, 11) is 1.74. The Bertz CT molecular complexity index is 413. The van der Waals surface area contributed by atoms with Crippen molar-refractivity contribution >= 4 is 21.7 Å². The summed E-state index contributed by atoms with van der Waals surface area (Å²) in [4.78, 5) is 9.15. The molecular formula is C12H18BrN3O. The summed E-state index contributed by atoms with van der Waals surface area (Å²) in [5, 5.41) is 3.25. The third-order valence-electron chi connectivity index (χ3n) is 3.32. The van der Waals surface area contributed by atoms with Crippen molar-refractivity contribution in [3.05, 3.63) is 16.0 Å². The average Bonchev–Trinajstić information content (AvgIpc) is 2.24. The van der Waals surface area contributed by atoms with Gasteiger partial charge in [-0.2, -0.15) is 0 Å². The largest absolute Gasteiger partial charge is 0.370 e. The Morgan fingerprint density at radius 3 is 2.59 bits per heavy atom. The second kappa shape index (κ2) is 4.90. The lowest BCUT2D eigenvalue weighted by Gasteiger charge is -2.39. The van der Waals surface area contributed by atoms with Crippen molar-refractivity contribution in [2.45, 2.75) is 38.7 Å². The molecule has 4 nitrogen and oxygen atoms in total. The van der Waals surface area contributed by atoms with E-state index in [4.69, 9.17) is 4.74 Å². The molecule has 1 aliphatic carbocycles. The first-order valence-electron chi connectivity index (χ1n) is 5.96. The van der Waals surface area contributed by atoms with E-state index in [1.807, 2.05) is 6.92 Å². The van der Waals surface area contributed by atoms with Gasteiger partial charge in [0.05, 0.1) is 10.2 Å². The SMILES string of the molecule is CCNc1nc(C2(OC)CCC2)nc(C)c1Br. The van der Waals surface area contributed by atoms with Gasteiger partial charge in [0.2, 0.25) is 0 Å². The second-order valence-electron chi connectivity index (χ2n) is 4.38. The Hall–Kier alpha value is -0.680. The number of hydrogen-bond acceptors (Lipinski definition) is 4. The normalized spacial score (nSPS) is 17.6. The predicted molar refractivity (Wildman–Crippen MR) is 71.2 cm³/mol. The first kappa shape index (κ1) is 12.8. The van der Waals surface area contributed by atoms with Gasteiger partial charge < -0.3 is 10.1 Å². The summed E-state index contributed by atoms with van der Waals surface area (Å²) >= 11 is 3.52. The molecule has 1 aromatic heterocycles. The van der Waals surface area contributed by atoms with E-state index in [0.29, 0.717) is 0 Å². The van der Waals surface area contributed by atoms with E-state index in [0.717, 1.165) is 41.2 Å². The number of aryl methyl sites for hydroxylation is 1. The predicted octanol–water partition coefficient (Wildman–Crippen LogP) is 3.00. The zero-order chi connectivity index (χ0) is 12.5. The van der Waals surface area contributed by atoms with Crippen LogP contribution in [-0.2, 0) is 10.3 Å². The number of hydrogen-bond donors (Lipinski definition) is 1. The molecule has 94 valence electrons. The molecule has 1 heterocycles. The van der Waals surface area contributed by atoms with Crippen LogP contribution in [0.5, 0.6) is 0 Å². The lowest BCUT2D eigenvalue weighted by molar-refractivity contribution is -0.0846. The van der Waals surface area contributed by atoms with E-state index < -0.39 is 0 Å². The smallest absolute Gasteiger partial charge is 0.162 e. The third-order valence-corrected chi connectivity index (χ3v) is 4.27. The van der Waals surface area contributed by atoms with Crippen molar-refractivity contribution in [2.75, 3.05) is 19.0 Å². The van der Waals surface area contributed by atoms with Crippen LogP contribution in [0.3, 0.4) is 0 Å². The van der Waals surface area contributed by atoms with E-state index in [9.17, 15) is 0 Å². The second-order valence-corrected chi connectivity index (χ2v) is 5.17. The molecule has 0 aliphatic heterocycles. The standard InChI is InChI=1S/C12H18BrN3O/c1-4-14-10-9(13)8(2)15-11(16-10)12(17-3)6-5-7-12/h4-7H2,1-3H3,(H,14,15,16). The summed E-state index contributed by atoms with van der Waals surface area (Å²) in [6.45, 7) is 4.88. The van der Waals surface area contributed by atoms with Crippen LogP contribution in [0.15, 0.2) is 4.47 Å². The molecule has 0 spiro atoms. The molecule has 0 unspecified atom stereocenters. The molecule has 1 fully saturated rings. The van der Waals surface area contributed by atoms with Gasteiger partial charge in [-0.15, -0.1) is 0 Å². The van der Waals surface area contributed by atoms with Gasteiger partial charge in [-0.05, 0) is 49.0 Å². The van der Waals surface area contributed by atoms with Gasteiger partial charge in [0.15, 0.2) is 5.82 Å². The van der Waals surface area contributed by atoms with Gasteiger partial charge >= 0.3 is 0 Å². The minimum atomic E-state index is -0.254.